The molecule has 2 aromatic heterocycles. The summed E-state index contributed by atoms with van der Waals surface area (Å²) < 4.78 is 5.21. The minimum Gasteiger partial charge on any atom is -0.337 e. The topological polar surface area (TPSA) is 84.2 Å². The number of aromatic nitrogens is 3. The molecule has 2 amide bonds. The first kappa shape index (κ1) is 17.4. The lowest BCUT2D eigenvalue weighted by atomic mass is 10.0. The minimum atomic E-state index is -0.304. The molecule has 0 saturated carbocycles. The van der Waals surface area contributed by atoms with Gasteiger partial charge < -0.3 is 14.7 Å². The first-order valence-corrected chi connectivity index (χ1v) is 8.47. The Hall–Kier alpha value is -1.96. The molecule has 8 heteroatoms. The molecule has 0 saturated heterocycles. The quantitative estimate of drug-likeness (QED) is 0.876. The van der Waals surface area contributed by atoms with Crippen molar-refractivity contribution in [3.05, 3.63) is 28.3 Å². The number of amides is 2. The molecule has 7 nitrogen and oxygen atoms in total. The molecular weight excluding hydrogens is 314 g/mol. The number of carbonyl (C=O) groups is 1. The van der Waals surface area contributed by atoms with Crippen LogP contribution in [0.3, 0.4) is 0 Å². The molecule has 0 fully saturated rings. The number of likely N-dealkylation sites (N-methyl/N-ethyl adjacent to an activating group) is 1. The van der Waals surface area contributed by atoms with Crippen LogP contribution in [-0.4, -0.2) is 39.6 Å². The van der Waals surface area contributed by atoms with Crippen LogP contribution in [0.2, 0.25) is 0 Å². The number of nitrogens with one attached hydrogen (secondary N) is 1. The van der Waals surface area contributed by atoms with Crippen LogP contribution in [0.15, 0.2) is 16.1 Å². The molecule has 0 aliphatic rings. The minimum absolute atomic E-state index is 0.142. The Labute approximate surface area is 140 Å². The third-order valence-corrected chi connectivity index (χ3v) is 4.53. The lowest BCUT2D eigenvalue weighted by molar-refractivity contribution is 0.192. The van der Waals surface area contributed by atoms with E-state index in [1.807, 2.05) is 19.2 Å². The van der Waals surface area contributed by atoms with E-state index in [0.29, 0.717) is 18.3 Å². The number of carbonyl (C=O) groups excluding carboxylic acids is 1. The molecule has 2 heterocycles. The normalized spacial score (nSPS) is 13.8. The molecule has 0 unspecified atom stereocenters. The van der Waals surface area contributed by atoms with Crippen molar-refractivity contribution in [1.29, 1.82) is 0 Å². The number of urea groups is 1. The fourth-order valence-electron chi connectivity index (χ4n) is 2.25. The standard InChI is InChI=1S/C15H23N5O2S/c1-9(2)12(13-17-11(4)19-22-13)18-15(21)20(5)8-10(3)14-16-6-7-23-14/h6-7,9-10,12H,8H2,1-5H3,(H,18,21)/t10-,12-/m0/s1. The van der Waals surface area contributed by atoms with Gasteiger partial charge >= 0.3 is 6.03 Å². The van der Waals surface area contributed by atoms with Gasteiger partial charge in [0, 0.05) is 31.1 Å². The van der Waals surface area contributed by atoms with E-state index in [9.17, 15) is 4.79 Å². The number of nitrogens with zero attached hydrogens (tertiary/aromatic N) is 4. The number of aryl methyl sites for hydroxylation is 1. The van der Waals surface area contributed by atoms with Gasteiger partial charge in [-0.15, -0.1) is 11.3 Å². The van der Waals surface area contributed by atoms with E-state index in [1.165, 1.54) is 0 Å². The highest BCUT2D eigenvalue weighted by Gasteiger charge is 2.26. The Balaban J connectivity index is 1.98. The van der Waals surface area contributed by atoms with Gasteiger partial charge in [0.25, 0.3) is 0 Å². The summed E-state index contributed by atoms with van der Waals surface area (Å²) in [6.45, 7) is 8.41. The SMILES string of the molecule is Cc1noc([C@@H](NC(=O)N(C)C[C@H](C)c2nccs2)C(C)C)n1. The summed E-state index contributed by atoms with van der Waals surface area (Å²) >= 11 is 1.60. The van der Waals surface area contributed by atoms with Gasteiger partial charge in [0.15, 0.2) is 5.82 Å². The molecule has 0 aromatic carbocycles. The van der Waals surface area contributed by atoms with E-state index < -0.39 is 0 Å². The summed E-state index contributed by atoms with van der Waals surface area (Å²) in [5.41, 5.74) is 0. The lowest BCUT2D eigenvalue weighted by Crippen LogP contribution is -2.42. The average Bonchev–Trinajstić information content (AvgIpc) is 3.15. The molecule has 0 bridgehead atoms. The van der Waals surface area contributed by atoms with Crippen molar-refractivity contribution in [2.45, 2.75) is 39.7 Å². The van der Waals surface area contributed by atoms with Crippen molar-refractivity contribution in [2.24, 2.45) is 5.92 Å². The number of rotatable bonds is 6. The second-order valence-electron chi connectivity index (χ2n) is 6.00. The van der Waals surface area contributed by atoms with E-state index in [-0.39, 0.29) is 23.9 Å². The molecular formula is C15H23N5O2S. The van der Waals surface area contributed by atoms with Crippen LogP contribution < -0.4 is 5.32 Å². The predicted molar refractivity (Wildman–Crippen MR) is 88.3 cm³/mol. The van der Waals surface area contributed by atoms with E-state index in [1.54, 1.807) is 36.4 Å². The maximum Gasteiger partial charge on any atom is 0.317 e. The Morgan fingerprint density at radius 2 is 2.17 bits per heavy atom. The summed E-state index contributed by atoms with van der Waals surface area (Å²) in [7, 11) is 1.77. The van der Waals surface area contributed by atoms with Gasteiger partial charge in [-0.3, -0.25) is 0 Å². The monoisotopic (exact) mass is 337 g/mol. The summed E-state index contributed by atoms with van der Waals surface area (Å²) in [6, 6.07) is -0.468. The molecule has 1 N–H and O–H groups in total. The highest BCUT2D eigenvalue weighted by Crippen LogP contribution is 2.21. The first-order valence-electron chi connectivity index (χ1n) is 7.59. The molecule has 2 atom stereocenters. The van der Waals surface area contributed by atoms with Crippen LogP contribution in [0.5, 0.6) is 0 Å². The largest absolute Gasteiger partial charge is 0.337 e. The fraction of sp³-hybridized carbons (Fsp3) is 0.600. The van der Waals surface area contributed by atoms with E-state index in [0.717, 1.165) is 5.01 Å². The van der Waals surface area contributed by atoms with Crippen LogP contribution in [0, 0.1) is 12.8 Å². The van der Waals surface area contributed by atoms with Crippen LogP contribution in [0.1, 0.15) is 49.5 Å². The van der Waals surface area contributed by atoms with Crippen LogP contribution >= 0.6 is 11.3 Å². The zero-order chi connectivity index (χ0) is 17.0. The van der Waals surface area contributed by atoms with Crippen molar-refractivity contribution >= 4 is 17.4 Å². The molecule has 0 aliphatic carbocycles. The van der Waals surface area contributed by atoms with Gasteiger partial charge in [-0.2, -0.15) is 4.98 Å². The lowest BCUT2D eigenvalue weighted by Gasteiger charge is -2.25. The molecule has 126 valence electrons. The van der Waals surface area contributed by atoms with Crippen LogP contribution in [0.4, 0.5) is 4.79 Å². The third-order valence-electron chi connectivity index (χ3n) is 3.52. The molecule has 23 heavy (non-hydrogen) atoms. The maximum atomic E-state index is 12.5. The highest BCUT2D eigenvalue weighted by atomic mass is 32.1. The summed E-state index contributed by atoms with van der Waals surface area (Å²) in [6.07, 6.45) is 1.78. The van der Waals surface area contributed by atoms with Crippen molar-refractivity contribution in [3.63, 3.8) is 0 Å². The Morgan fingerprint density at radius 1 is 1.43 bits per heavy atom. The Kier molecular flexibility index (Phi) is 5.70. The van der Waals surface area contributed by atoms with Crippen molar-refractivity contribution in [3.8, 4) is 0 Å². The van der Waals surface area contributed by atoms with Crippen molar-refractivity contribution in [2.75, 3.05) is 13.6 Å². The number of hydrogen-bond acceptors (Lipinski definition) is 6. The first-order chi connectivity index (χ1) is 10.9. The predicted octanol–water partition coefficient (Wildman–Crippen LogP) is 2.98. The summed E-state index contributed by atoms with van der Waals surface area (Å²) in [5.74, 6) is 1.33. The molecule has 2 aromatic rings. The van der Waals surface area contributed by atoms with Gasteiger partial charge in [0.1, 0.15) is 6.04 Å². The Bertz CT molecular complexity index is 626. The van der Waals surface area contributed by atoms with Crippen LogP contribution in [-0.2, 0) is 0 Å². The smallest absolute Gasteiger partial charge is 0.317 e. The summed E-state index contributed by atoms with van der Waals surface area (Å²) in [5, 5.41) is 9.74. The summed E-state index contributed by atoms with van der Waals surface area (Å²) in [4.78, 5) is 22.6. The van der Waals surface area contributed by atoms with Crippen molar-refractivity contribution in [1.82, 2.24) is 25.3 Å². The van der Waals surface area contributed by atoms with Crippen molar-refractivity contribution < 1.29 is 9.32 Å². The zero-order valence-corrected chi connectivity index (χ0v) is 14.9. The average molecular weight is 337 g/mol. The van der Waals surface area contributed by atoms with Gasteiger partial charge in [-0.1, -0.05) is 25.9 Å². The zero-order valence-electron chi connectivity index (χ0n) is 14.1. The highest BCUT2D eigenvalue weighted by molar-refractivity contribution is 7.09. The van der Waals surface area contributed by atoms with Gasteiger partial charge in [-0.05, 0) is 12.8 Å². The second-order valence-corrected chi connectivity index (χ2v) is 6.93. The fourth-order valence-corrected chi connectivity index (χ4v) is 2.94. The molecule has 0 aliphatic heterocycles. The molecule has 2 rings (SSSR count). The van der Waals surface area contributed by atoms with E-state index in [4.69, 9.17) is 4.52 Å². The maximum absolute atomic E-state index is 12.5. The van der Waals surface area contributed by atoms with E-state index in [2.05, 4.69) is 27.4 Å². The van der Waals surface area contributed by atoms with Gasteiger partial charge in [0.05, 0.1) is 5.01 Å². The van der Waals surface area contributed by atoms with Crippen LogP contribution in [0.25, 0.3) is 0 Å². The van der Waals surface area contributed by atoms with Gasteiger partial charge in [0.2, 0.25) is 5.89 Å². The van der Waals surface area contributed by atoms with Gasteiger partial charge in [-0.25, -0.2) is 9.78 Å². The molecule has 0 spiro atoms. The number of thiazole rings is 1. The molecule has 0 radical (unpaired) electrons. The Morgan fingerprint density at radius 3 is 2.70 bits per heavy atom. The third kappa shape index (κ3) is 4.51. The van der Waals surface area contributed by atoms with E-state index >= 15 is 0 Å². The number of hydrogen-bond donors (Lipinski definition) is 1. The second kappa shape index (κ2) is 7.54.